The summed E-state index contributed by atoms with van der Waals surface area (Å²) in [6, 6.07) is 18.5. The highest BCUT2D eigenvalue weighted by molar-refractivity contribution is 7.22. The van der Waals surface area contributed by atoms with Crippen molar-refractivity contribution in [3.05, 3.63) is 66.0 Å². The lowest BCUT2D eigenvalue weighted by atomic mass is 10.1. The third-order valence-corrected chi connectivity index (χ3v) is 4.94. The second-order valence-corrected chi connectivity index (χ2v) is 6.88. The number of nitrogens with zero attached hydrogens (tertiary/aromatic N) is 3. The molecule has 0 radical (unpaired) electrons. The molecule has 0 atom stereocenters. The van der Waals surface area contributed by atoms with E-state index in [1.807, 2.05) is 31.2 Å². The predicted octanol–water partition coefficient (Wildman–Crippen LogP) is 5.37. The SMILES string of the molecule is CCc1ccc2nc(Nc3cc(-c4ccccc4)nc(C)n3)sc2c1. The highest BCUT2D eigenvalue weighted by Gasteiger charge is 2.08. The summed E-state index contributed by atoms with van der Waals surface area (Å²) in [6.45, 7) is 4.07. The molecule has 4 rings (SSSR count). The molecule has 0 saturated carbocycles. The van der Waals surface area contributed by atoms with Crippen molar-refractivity contribution in [2.45, 2.75) is 20.3 Å². The molecule has 2 aromatic heterocycles. The standard InChI is InChI=1S/C20H18N4S/c1-3-14-9-10-16-18(11-14)25-20(23-16)24-19-12-17(21-13(2)22-19)15-7-5-4-6-8-15/h4-12H,3H2,1-2H3,(H,21,22,23,24). The van der Waals surface area contributed by atoms with Gasteiger partial charge in [-0.15, -0.1) is 0 Å². The first-order valence-electron chi connectivity index (χ1n) is 8.29. The molecular weight excluding hydrogens is 328 g/mol. The number of aromatic nitrogens is 3. The lowest BCUT2D eigenvalue weighted by Gasteiger charge is -2.06. The van der Waals surface area contributed by atoms with Crippen LogP contribution in [-0.4, -0.2) is 15.0 Å². The Kier molecular flexibility index (Phi) is 4.15. The van der Waals surface area contributed by atoms with Crippen LogP contribution in [0.15, 0.2) is 54.6 Å². The Labute approximate surface area is 150 Å². The zero-order valence-corrected chi connectivity index (χ0v) is 15.0. The Hall–Kier alpha value is -2.79. The van der Waals surface area contributed by atoms with Gasteiger partial charge in [0, 0.05) is 11.6 Å². The largest absolute Gasteiger partial charge is 0.316 e. The van der Waals surface area contributed by atoms with Crippen LogP contribution >= 0.6 is 11.3 Å². The fourth-order valence-electron chi connectivity index (χ4n) is 2.74. The van der Waals surface area contributed by atoms with E-state index in [4.69, 9.17) is 0 Å². The summed E-state index contributed by atoms with van der Waals surface area (Å²) in [5.41, 5.74) is 4.32. The number of benzene rings is 2. The van der Waals surface area contributed by atoms with Gasteiger partial charge in [-0.2, -0.15) is 0 Å². The van der Waals surface area contributed by atoms with Crippen molar-refractivity contribution in [2.24, 2.45) is 0 Å². The molecule has 25 heavy (non-hydrogen) atoms. The van der Waals surface area contributed by atoms with E-state index in [9.17, 15) is 0 Å². The first kappa shape index (κ1) is 15.7. The Morgan fingerprint density at radius 3 is 2.60 bits per heavy atom. The van der Waals surface area contributed by atoms with Crippen molar-refractivity contribution < 1.29 is 0 Å². The molecule has 2 heterocycles. The summed E-state index contributed by atoms with van der Waals surface area (Å²) >= 11 is 1.65. The number of rotatable bonds is 4. The van der Waals surface area contributed by atoms with Gasteiger partial charge in [0.05, 0.1) is 15.9 Å². The molecule has 2 aromatic carbocycles. The molecule has 124 valence electrons. The quantitative estimate of drug-likeness (QED) is 0.540. The number of hydrogen-bond acceptors (Lipinski definition) is 5. The minimum atomic E-state index is 0.734. The van der Waals surface area contributed by atoms with Gasteiger partial charge in [-0.25, -0.2) is 15.0 Å². The molecule has 0 fully saturated rings. The maximum Gasteiger partial charge on any atom is 0.189 e. The van der Waals surface area contributed by atoms with Gasteiger partial charge < -0.3 is 5.32 Å². The summed E-state index contributed by atoms with van der Waals surface area (Å²) in [6.07, 6.45) is 1.03. The lowest BCUT2D eigenvalue weighted by Crippen LogP contribution is -1.98. The molecule has 0 unspecified atom stereocenters. The summed E-state index contributed by atoms with van der Waals surface area (Å²) in [4.78, 5) is 13.7. The van der Waals surface area contributed by atoms with Gasteiger partial charge in [-0.3, -0.25) is 0 Å². The highest BCUT2D eigenvalue weighted by Crippen LogP contribution is 2.29. The van der Waals surface area contributed by atoms with Gasteiger partial charge in [0.15, 0.2) is 5.13 Å². The monoisotopic (exact) mass is 346 g/mol. The molecule has 4 nitrogen and oxygen atoms in total. The third kappa shape index (κ3) is 3.37. The van der Waals surface area contributed by atoms with Crippen LogP contribution < -0.4 is 5.32 Å². The minimum absolute atomic E-state index is 0.734. The first-order chi connectivity index (χ1) is 12.2. The summed E-state index contributed by atoms with van der Waals surface area (Å²) in [5.74, 6) is 1.50. The average Bonchev–Trinajstić information content (AvgIpc) is 3.03. The minimum Gasteiger partial charge on any atom is -0.316 e. The van der Waals surface area contributed by atoms with Crippen molar-refractivity contribution in [3.8, 4) is 11.3 Å². The van der Waals surface area contributed by atoms with Gasteiger partial charge in [0.25, 0.3) is 0 Å². The summed E-state index contributed by atoms with van der Waals surface area (Å²) < 4.78 is 1.19. The highest BCUT2D eigenvalue weighted by atomic mass is 32.1. The molecule has 0 amide bonds. The number of hydrogen-bond donors (Lipinski definition) is 1. The molecule has 1 N–H and O–H groups in total. The lowest BCUT2D eigenvalue weighted by molar-refractivity contribution is 1.06. The predicted molar refractivity (Wildman–Crippen MR) is 104 cm³/mol. The van der Waals surface area contributed by atoms with E-state index in [1.54, 1.807) is 11.3 Å². The van der Waals surface area contributed by atoms with Crippen LogP contribution in [0.4, 0.5) is 10.9 Å². The molecule has 0 saturated heterocycles. The van der Waals surface area contributed by atoms with Gasteiger partial charge in [-0.1, -0.05) is 54.7 Å². The Bertz CT molecular complexity index is 1020. The Balaban J connectivity index is 1.67. The van der Waals surface area contributed by atoms with Crippen molar-refractivity contribution in [2.75, 3.05) is 5.32 Å². The molecular formula is C20H18N4S. The van der Waals surface area contributed by atoms with Crippen LogP contribution in [0.1, 0.15) is 18.3 Å². The van der Waals surface area contributed by atoms with Gasteiger partial charge in [0.1, 0.15) is 11.6 Å². The third-order valence-electron chi connectivity index (χ3n) is 4.00. The van der Waals surface area contributed by atoms with Crippen molar-refractivity contribution in [1.82, 2.24) is 15.0 Å². The van der Waals surface area contributed by atoms with E-state index < -0.39 is 0 Å². The Morgan fingerprint density at radius 1 is 0.960 bits per heavy atom. The second-order valence-electron chi connectivity index (χ2n) is 5.85. The van der Waals surface area contributed by atoms with E-state index >= 15 is 0 Å². The van der Waals surface area contributed by atoms with Crippen LogP contribution in [0.25, 0.3) is 21.5 Å². The van der Waals surface area contributed by atoms with Gasteiger partial charge in [-0.05, 0) is 31.0 Å². The molecule has 5 heteroatoms. The number of nitrogens with one attached hydrogen (secondary N) is 1. The molecule has 0 aliphatic rings. The number of aryl methyl sites for hydroxylation is 2. The van der Waals surface area contributed by atoms with Crippen LogP contribution in [-0.2, 0) is 6.42 Å². The van der Waals surface area contributed by atoms with Crippen LogP contribution in [0.2, 0.25) is 0 Å². The maximum atomic E-state index is 4.66. The summed E-state index contributed by atoms with van der Waals surface area (Å²) in [7, 11) is 0. The van der Waals surface area contributed by atoms with E-state index in [-0.39, 0.29) is 0 Å². The number of anilines is 2. The number of fused-ring (bicyclic) bond motifs is 1. The maximum absolute atomic E-state index is 4.66. The van der Waals surface area contributed by atoms with Crippen molar-refractivity contribution >= 4 is 32.5 Å². The molecule has 0 bridgehead atoms. The smallest absolute Gasteiger partial charge is 0.189 e. The molecule has 4 aromatic rings. The van der Waals surface area contributed by atoms with E-state index in [0.29, 0.717) is 0 Å². The topological polar surface area (TPSA) is 50.7 Å². The molecule has 0 aliphatic heterocycles. The van der Waals surface area contributed by atoms with E-state index in [1.165, 1.54) is 10.3 Å². The average molecular weight is 346 g/mol. The fraction of sp³-hybridized carbons (Fsp3) is 0.150. The zero-order valence-electron chi connectivity index (χ0n) is 14.2. The molecule has 0 spiro atoms. The van der Waals surface area contributed by atoms with Crippen LogP contribution in [0.5, 0.6) is 0 Å². The van der Waals surface area contributed by atoms with Crippen LogP contribution in [0, 0.1) is 6.92 Å². The van der Waals surface area contributed by atoms with Crippen molar-refractivity contribution in [3.63, 3.8) is 0 Å². The van der Waals surface area contributed by atoms with Gasteiger partial charge in [0.2, 0.25) is 0 Å². The fourth-order valence-corrected chi connectivity index (χ4v) is 3.68. The van der Waals surface area contributed by atoms with Gasteiger partial charge >= 0.3 is 0 Å². The normalized spacial score (nSPS) is 11.0. The second kappa shape index (κ2) is 6.61. The van der Waals surface area contributed by atoms with E-state index in [0.717, 1.165) is 40.0 Å². The zero-order chi connectivity index (χ0) is 17.2. The molecule has 0 aliphatic carbocycles. The van der Waals surface area contributed by atoms with E-state index in [2.05, 4.69) is 57.5 Å². The first-order valence-corrected chi connectivity index (χ1v) is 9.10. The van der Waals surface area contributed by atoms with Crippen LogP contribution in [0.3, 0.4) is 0 Å². The summed E-state index contributed by atoms with van der Waals surface area (Å²) in [5, 5.41) is 4.19. The Morgan fingerprint density at radius 2 is 1.80 bits per heavy atom. The number of thiazole rings is 1. The van der Waals surface area contributed by atoms with Crippen molar-refractivity contribution in [1.29, 1.82) is 0 Å².